The van der Waals surface area contributed by atoms with Crippen LogP contribution in [0.3, 0.4) is 0 Å². The number of amides is 1. The molecule has 23 heavy (non-hydrogen) atoms. The van der Waals surface area contributed by atoms with Gasteiger partial charge in [0.1, 0.15) is 11.4 Å². The van der Waals surface area contributed by atoms with Gasteiger partial charge in [-0.25, -0.2) is 4.39 Å². The Labute approximate surface area is 143 Å². The van der Waals surface area contributed by atoms with Crippen molar-refractivity contribution < 1.29 is 13.9 Å². The largest absolute Gasteiger partial charge is 0.378 e. The summed E-state index contributed by atoms with van der Waals surface area (Å²) >= 11 is 0. The van der Waals surface area contributed by atoms with Crippen molar-refractivity contribution in [1.82, 2.24) is 4.90 Å². The molecule has 2 unspecified atom stereocenters. The number of carbonyl (C=O) groups is 1. The highest BCUT2D eigenvalue weighted by atomic mass is 35.5. The highest BCUT2D eigenvalue weighted by Crippen LogP contribution is 2.50. The number of benzene rings is 1. The maximum Gasteiger partial charge on any atom is 0.243 e. The van der Waals surface area contributed by atoms with Crippen molar-refractivity contribution in [2.75, 3.05) is 13.7 Å². The molecule has 0 bridgehead atoms. The lowest BCUT2D eigenvalue weighted by Crippen LogP contribution is -2.75. The Morgan fingerprint density at radius 3 is 2.57 bits per heavy atom. The zero-order valence-corrected chi connectivity index (χ0v) is 15.0. The van der Waals surface area contributed by atoms with Gasteiger partial charge in [-0.05, 0) is 13.0 Å². The second-order valence-electron chi connectivity index (χ2n) is 6.59. The van der Waals surface area contributed by atoms with Crippen LogP contribution in [0.15, 0.2) is 24.3 Å². The Bertz CT molecular complexity index is 567. The van der Waals surface area contributed by atoms with Gasteiger partial charge in [0.05, 0.1) is 6.10 Å². The molecule has 1 aromatic carbocycles. The molecule has 0 spiro atoms. The summed E-state index contributed by atoms with van der Waals surface area (Å²) in [5.74, 6) is -0.481. The van der Waals surface area contributed by atoms with E-state index in [0.717, 1.165) is 0 Å². The van der Waals surface area contributed by atoms with Gasteiger partial charge in [-0.1, -0.05) is 32.0 Å². The predicted molar refractivity (Wildman–Crippen MR) is 90.9 cm³/mol. The molecule has 0 radical (unpaired) electrons. The molecular formula is C17H26ClFN2O2. The number of carbonyl (C=O) groups excluding carboxylic acids is 1. The average Bonchev–Trinajstić information content (AvgIpc) is 2.48. The fourth-order valence-electron chi connectivity index (χ4n) is 3.09. The van der Waals surface area contributed by atoms with Gasteiger partial charge in [-0.15, -0.1) is 12.4 Å². The van der Waals surface area contributed by atoms with Crippen LogP contribution in [0.2, 0.25) is 0 Å². The van der Waals surface area contributed by atoms with Crippen LogP contribution in [0.5, 0.6) is 0 Å². The van der Waals surface area contributed by atoms with E-state index in [-0.39, 0.29) is 36.8 Å². The normalized spacial score (nSPS) is 25.2. The van der Waals surface area contributed by atoms with Gasteiger partial charge < -0.3 is 15.4 Å². The Morgan fingerprint density at radius 1 is 1.43 bits per heavy atom. The zero-order valence-electron chi connectivity index (χ0n) is 14.1. The van der Waals surface area contributed by atoms with Gasteiger partial charge in [-0.3, -0.25) is 4.79 Å². The molecule has 1 fully saturated rings. The van der Waals surface area contributed by atoms with E-state index in [1.807, 2.05) is 20.8 Å². The number of nitrogens with two attached hydrogens (primary N) is 1. The molecule has 130 valence electrons. The van der Waals surface area contributed by atoms with E-state index in [1.54, 1.807) is 25.2 Å². The molecule has 1 saturated carbocycles. The fourth-order valence-corrected chi connectivity index (χ4v) is 3.09. The maximum absolute atomic E-state index is 13.7. The SMILES string of the molecule is CCOC1CC(N)(C(=O)N(C)Cc2ccccc2F)C1(C)C.Cl. The predicted octanol–water partition coefficient (Wildman–Crippen LogP) is 2.74. The van der Waals surface area contributed by atoms with E-state index >= 15 is 0 Å². The van der Waals surface area contributed by atoms with Crippen LogP contribution >= 0.6 is 12.4 Å². The topological polar surface area (TPSA) is 55.6 Å². The lowest BCUT2D eigenvalue weighted by molar-refractivity contribution is -0.178. The van der Waals surface area contributed by atoms with E-state index in [4.69, 9.17) is 10.5 Å². The van der Waals surface area contributed by atoms with E-state index in [9.17, 15) is 9.18 Å². The third-order valence-electron chi connectivity index (χ3n) is 4.92. The minimum Gasteiger partial charge on any atom is -0.378 e. The molecule has 1 amide bonds. The average molecular weight is 345 g/mol. The highest BCUT2D eigenvalue weighted by Gasteiger charge is 2.63. The monoisotopic (exact) mass is 344 g/mol. The summed E-state index contributed by atoms with van der Waals surface area (Å²) in [6, 6.07) is 6.46. The summed E-state index contributed by atoms with van der Waals surface area (Å²) in [6.07, 6.45) is 0.474. The van der Waals surface area contributed by atoms with Crippen LogP contribution in [0.1, 0.15) is 32.8 Å². The quantitative estimate of drug-likeness (QED) is 0.893. The first-order chi connectivity index (χ1) is 10.2. The second-order valence-corrected chi connectivity index (χ2v) is 6.59. The third-order valence-corrected chi connectivity index (χ3v) is 4.92. The highest BCUT2D eigenvalue weighted by molar-refractivity contribution is 5.88. The van der Waals surface area contributed by atoms with Gasteiger partial charge in [0.15, 0.2) is 0 Å². The van der Waals surface area contributed by atoms with Crippen molar-refractivity contribution >= 4 is 18.3 Å². The van der Waals surface area contributed by atoms with Crippen LogP contribution in [-0.2, 0) is 16.1 Å². The molecular weight excluding hydrogens is 319 g/mol. The number of hydrogen-bond donors (Lipinski definition) is 1. The van der Waals surface area contributed by atoms with Crippen molar-refractivity contribution in [3.8, 4) is 0 Å². The van der Waals surface area contributed by atoms with Gasteiger partial charge in [0.25, 0.3) is 0 Å². The maximum atomic E-state index is 13.7. The fraction of sp³-hybridized carbons (Fsp3) is 0.588. The number of halogens is 2. The van der Waals surface area contributed by atoms with Crippen molar-refractivity contribution in [3.63, 3.8) is 0 Å². The molecule has 1 aromatic rings. The lowest BCUT2D eigenvalue weighted by atomic mass is 9.54. The van der Waals surface area contributed by atoms with Crippen LogP contribution in [-0.4, -0.2) is 36.1 Å². The van der Waals surface area contributed by atoms with Gasteiger partial charge in [0.2, 0.25) is 5.91 Å². The zero-order chi connectivity index (χ0) is 16.5. The smallest absolute Gasteiger partial charge is 0.243 e. The number of rotatable bonds is 5. The van der Waals surface area contributed by atoms with Gasteiger partial charge in [-0.2, -0.15) is 0 Å². The molecule has 0 saturated heterocycles. The number of hydrogen-bond acceptors (Lipinski definition) is 3. The van der Waals surface area contributed by atoms with Crippen LogP contribution < -0.4 is 5.73 Å². The standard InChI is InChI=1S/C17H25FN2O2.ClH/c1-5-22-14-10-17(19,16(14,2)3)15(21)20(4)11-12-8-6-7-9-13(12)18;/h6-9,14H,5,10-11,19H2,1-4H3;1H. The number of likely N-dealkylation sites (N-methyl/N-ethyl adjacent to an activating group) is 1. The Balaban J connectivity index is 0.00000264. The summed E-state index contributed by atoms with van der Waals surface area (Å²) in [6.45, 7) is 6.64. The summed E-state index contributed by atoms with van der Waals surface area (Å²) < 4.78 is 19.4. The molecule has 6 heteroatoms. The minimum absolute atomic E-state index is 0. The number of nitrogens with zero attached hydrogens (tertiary/aromatic N) is 1. The van der Waals surface area contributed by atoms with Crippen LogP contribution in [0.4, 0.5) is 4.39 Å². The summed E-state index contributed by atoms with van der Waals surface area (Å²) in [4.78, 5) is 14.3. The molecule has 1 aliphatic carbocycles. The Morgan fingerprint density at radius 2 is 2.04 bits per heavy atom. The molecule has 2 rings (SSSR count). The minimum atomic E-state index is -0.965. The molecule has 2 N–H and O–H groups in total. The molecule has 4 nitrogen and oxygen atoms in total. The molecule has 2 atom stereocenters. The molecule has 0 aliphatic heterocycles. The summed E-state index contributed by atoms with van der Waals surface area (Å²) in [5.41, 5.74) is 5.45. The first-order valence-electron chi connectivity index (χ1n) is 7.63. The van der Waals surface area contributed by atoms with Crippen LogP contribution in [0.25, 0.3) is 0 Å². The Kier molecular flexibility index (Phi) is 6.18. The van der Waals surface area contributed by atoms with Gasteiger partial charge >= 0.3 is 0 Å². The first kappa shape index (κ1) is 19.9. The van der Waals surface area contributed by atoms with Gasteiger partial charge in [0, 0.05) is 37.6 Å². The van der Waals surface area contributed by atoms with Crippen molar-refractivity contribution in [3.05, 3.63) is 35.6 Å². The van der Waals surface area contributed by atoms with E-state index in [0.29, 0.717) is 18.6 Å². The number of ether oxygens (including phenoxy) is 1. The molecule has 0 aromatic heterocycles. The second kappa shape index (κ2) is 7.16. The van der Waals surface area contributed by atoms with Crippen molar-refractivity contribution in [2.45, 2.75) is 45.4 Å². The molecule has 0 heterocycles. The van der Waals surface area contributed by atoms with E-state index in [2.05, 4.69) is 0 Å². The van der Waals surface area contributed by atoms with Crippen molar-refractivity contribution in [2.24, 2.45) is 11.1 Å². The van der Waals surface area contributed by atoms with Crippen LogP contribution in [0, 0.1) is 11.2 Å². The van der Waals surface area contributed by atoms with E-state index in [1.165, 1.54) is 11.0 Å². The summed E-state index contributed by atoms with van der Waals surface area (Å²) in [5, 5.41) is 0. The Hall–Kier alpha value is -1.17. The first-order valence-corrected chi connectivity index (χ1v) is 7.63. The van der Waals surface area contributed by atoms with Crippen molar-refractivity contribution in [1.29, 1.82) is 0 Å². The lowest BCUT2D eigenvalue weighted by Gasteiger charge is -2.58. The molecule has 1 aliphatic rings. The van der Waals surface area contributed by atoms with E-state index < -0.39 is 11.0 Å². The summed E-state index contributed by atoms with van der Waals surface area (Å²) in [7, 11) is 1.66. The third kappa shape index (κ3) is 3.37.